The fraction of sp³-hybridized carbons (Fsp3) is 0.333. The predicted molar refractivity (Wildman–Crippen MR) is 80.2 cm³/mol. The fourth-order valence-corrected chi connectivity index (χ4v) is 3.07. The van der Waals surface area contributed by atoms with Crippen molar-refractivity contribution in [2.75, 3.05) is 6.54 Å². The number of carboxylic acid groups (broad SMARTS) is 1. The molecule has 1 aliphatic rings. The Hall–Kier alpha value is -1.82. The number of amides is 1. The Balaban J connectivity index is 1.93. The van der Waals surface area contributed by atoms with Crippen LogP contribution in [0.1, 0.15) is 29.8 Å². The van der Waals surface area contributed by atoms with E-state index in [1.54, 1.807) is 12.1 Å². The Kier molecular flexibility index (Phi) is 3.71. The third-order valence-corrected chi connectivity index (χ3v) is 4.23. The Labute approximate surface area is 129 Å². The standard InChI is InChI=1S/C15H14BrNO4/c16-10-4-5-12-9(7-10)8-13(21-12)14(18)17-6-2-1-3-11(17)15(19)20/h4-5,7-8,11H,1-3,6H2,(H,19,20)/t11-/m1/s1. The summed E-state index contributed by atoms with van der Waals surface area (Å²) in [5, 5.41) is 10.1. The second-order valence-electron chi connectivity index (χ2n) is 5.14. The number of hydrogen-bond acceptors (Lipinski definition) is 3. The normalized spacial score (nSPS) is 18.9. The highest BCUT2D eigenvalue weighted by Crippen LogP contribution is 2.26. The molecule has 1 fully saturated rings. The number of benzene rings is 1. The maximum absolute atomic E-state index is 12.5. The van der Waals surface area contributed by atoms with Gasteiger partial charge in [0.15, 0.2) is 5.76 Å². The van der Waals surface area contributed by atoms with Crippen molar-refractivity contribution < 1.29 is 19.1 Å². The average molecular weight is 352 g/mol. The predicted octanol–water partition coefficient (Wildman–Crippen LogP) is 3.27. The molecular weight excluding hydrogens is 338 g/mol. The number of halogens is 1. The van der Waals surface area contributed by atoms with Crippen molar-refractivity contribution in [3.8, 4) is 0 Å². The number of hydrogen-bond donors (Lipinski definition) is 1. The number of furan rings is 1. The number of aliphatic carboxylic acids is 1. The van der Waals surface area contributed by atoms with Crippen LogP contribution in [0.15, 0.2) is 33.2 Å². The molecule has 5 nitrogen and oxygen atoms in total. The van der Waals surface area contributed by atoms with Gasteiger partial charge in [-0.05, 0) is 43.5 Å². The molecule has 1 amide bonds. The van der Waals surface area contributed by atoms with E-state index in [9.17, 15) is 14.7 Å². The van der Waals surface area contributed by atoms with Gasteiger partial charge in [0.2, 0.25) is 0 Å². The maximum atomic E-state index is 12.5. The lowest BCUT2D eigenvalue weighted by atomic mass is 10.0. The molecule has 0 bridgehead atoms. The van der Waals surface area contributed by atoms with Crippen LogP contribution in [-0.2, 0) is 4.79 Å². The van der Waals surface area contributed by atoms with Gasteiger partial charge in [0.1, 0.15) is 11.6 Å². The molecular formula is C15H14BrNO4. The number of piperidine rings is 1. The van der Waals surface area contributed by atoms with E-state index in [0.29, 0.717) is 18.5 Å². The third-order valence-electron chi connectivity index (χ3n) is 3.74. The number of carbonyl (C=O) groups excluding carboxylic acids is 1. The van der Waals surface area contributed by atoms with Crippen LogP contribution >= 0.6 is 15.9 Å². The highest BCUT2D eigenvalue weighted by molar-refractivity contribution is 9.10. The zero-order valence-electron chi connectivity index (χ0n) is 11.2. The van der Waals surface area contributed by atoms with E-state index < -0.39 is 12.0 Å². The minimum absolute atomic E-state index is 0.191. The third kappa shape index (κ3) is 2.68. The lowest BCUT2D eigenvalue weighted by Gasteiger charge is -2.32. The Morgan fingerprint density at radius 3 is 2.86 bits per heavy atom. The lowest BCUT2D eigenvalue weighted by molar-refractivity contribution is -0.143. The average Bonchev–Trinajstić information content (AvgIpc) is 2.89. The van der Waals surface area contributed by atoms with Gasteiger partial charge < -0.3 is 14.4 Å². The SMILES string of the molecule is O=C(O)[C@H]1CCCCN1C(=O)c1cc2cc(Br)ccc2o1. The molecule has 0 spiro atoms. The van der Waals surface area contributed by atoms with Gasteiger partial charge in [0.25, 0.3) is 5.91 Å². The first-order chi connectivity index (χ1) is 10.1. The molecule has 3 rings (SSSR count). The van der Waals surface area contributed by atoms with Crippen LogP contribution in [0, 0.1) is 0 Å². The number of carbonyl (C=O) groups is 2. The molecule has 0 aliphatic carbocycles. The molecule has 1 aromatic heterocycles. The van der Waals surface area contributed by atoms with E-state index >= 15 is 0 Å². The van der Waals surface area contributed by atoms with Crippen molar-refractivity contribution in [3.05, 3.63) is 34.5 Å². The van der Waals surface area contributed by atoms with Gasteiger partial charge >= 0.3 is 5.97 Å². The molecule has 2 heterocycles. The first kappa shape index (κ1) is 14.1. The Morgan fingerprint density at radius 2 is 2.10 bits per heavy atom. The van der Waals surface area contributed by atoms with E-state index in [-0.39, 0.29) is 11.7 Å². The van der Waals surface area contributed by atoms with E-state index in [1.807, 2.05) is 12.1 Å². The second kappa shape index (κ2) is 5.52. The largest absolute Gasteiger partial charge is 0.480 e. The Bertz CT molecular complexity index is 709. The smallest absolute Gasteiger partial charge is 0.326 e. The van der Waals surface area contributed by atoms with Crippen LogP contribution in [0.2, 0.25) is 0 Å². The quantitative estimate of drug-likeness (QED) is 0.901. The first-order valence-electron chi connectivity index (χ1n) is 6.79. The molecule has 1 atom stereocenters. The number of carboxylic acids is 1. The van der Waals surface area contributed by atoms with Gasteiger partial charge in [-0.25, -0.2) is 4.79 Å². The number of fused-ring (bicyclic) bond motifs is 1. The molecule has 21 heavy (non-hydrogen) atoms. The number of likely N-dealkylation sites (tertiary alicyclic amines) is 1. The van der Waals surface area contributed by atoms with Crippen molar-refractivity contribution >= 4 is 38.8 Å². The second-order valence-corrected chi connectivity index (χ2v) is 6.06. The van der Waals surface area contributed by atoms with E-state index in [1.165, 1.54) is 4.90 Å². The van der Waals surface area contributed by atoms with Crippen molar-refractivity contribution in [2.45, 2.75) is 25.3 Å². The number of nitrogens with zero attached hydrogens (tertiary/aromatic N) is 1. The topological polar surface area (TPSA) is 70.8 Å². The van der Waals surface area contributed by atoms with E-state index in [4.69, 9.17) is 4.42 Å². The summed E-state index contributed by atoms with van der Waals surface area (Å²) in [6.45, 7) is 0.455. The van der Waals surface area contributed by atoms with Crippen LogP contribution in [0.4, 0.5) is 0 Å². The summed E-state index contributed by atoms with van der Waals surface area (Å²) in [5.41, 5.74) is 0.616. The van der Waals surface area contributed by atoms with Crippen LogP contribution in [0.5, 0.6) is 0 Å². The summed E-state index contributed by atoms with van der Waals surface area (Å²) in [6, 6.07) is 6.38. The summed E-state index contributed by atoms with van der Waals surface area (Å²) in [6.07, 6.45) is 2.14. The van der Waals surface area contributed by atoms with Crippen LogP contribution < -0.4 is 0 Å². The molecule has 0 saturated carbocycles. The van der Waals surface area contributed by atoms with Crippen molar-refractivity contribution in [3.63, 3.8) is 0 Å². The van der Waals surface area contributed by atoms with Crippen molar-refractivity contribution in [1.29, 1.82) is 0 Å². The molecule has 1 N–H and O–H groups in total. The minimum Gasteiger partial charge on any atom is -0.480 e. The van der Waals surface area contributed by atoms with Crippen LogP contribution in [0.3, 0.4) is 0 Å². The molecule has 2 aromatic rings. The molecule has 1 aliphatic heterocycles. The van der Waals surface area contributed by atoms with Crippen LogP contribution in [0.25, 0.3) is 11.0 Å². The summed E-state index contributed by atoms with van der Waals surface area (Å²) < 4.78 is 6.46. The highest BCUT2D eigenvalue weighted by atomic mass is 79.9. The molecule has 1 saturated heterocycles. The zero-order chi connectivity index (χ0) is 15.0. The van der Waals surface area contributed by atoms with Gasteiger partial charge in [-0.15, -0.1) is 0 Å². The monoisotopic (exact) mass is 351 g/mol. The highest BCUT2D eigenvalue weighted by Gasteiger charge is 2.33. The lowest BCUT2D eigenvalue weighted by Crippen LogP contribution is -2.47. The van der Waals surface area contributed by atoms with Crippen LogP contribution in [-0.4, -0.2) is 34.5 Å². The first-order valence-corrected chi connectivity index (χ1v) is 7.58. The Morgan fingerprint density at radius 1 is 1.29 bits per heavy atom. The van der Waals surface area contributed by atoms with Gasteiger partial charge in [-0.1, -0.05) is 15.9 Å². The molecule has 6 heteroatoms. The fourth-order valence-electron chi connectivity index (χ4n) is 2.69. The maximum Gasteiger partial charge on any atom is 0.326 e. The summed E-state index contributed by atoms with van der Waals surface area (Å²) in [7, 11) is 0. The molecule has 0 radical (unpaired) electrons. The van der Waals surface area contributed by atoms with Gasteiger partial charge in [0.05, 0.1) is 0 Å². The summed E-state index contributed by atoms with van der Waals surface area (Å²) in [4.78, 5) is 25.2. The van der Waals surface area contributed by atoms with Crippen molar-refractivity contribution in [2.24, 2.45) is 0 Å². The number of rotatable bonds is 2. The van der Waals surface area contributed by atoms with Gasteiger partial charge in [0, 0.05) is 16.4 Å². The molecule has 110 valence electrons. The van der Waals surface area contributed by atoms with Gasteiger partial charge in [-0.3, -0.25) is 4.79 Å². The molecule has 1 aromatic carbocycles. The van der Waals surface area contributed by atoms with E-state index in [0.717, 1.165) is 22.7 Å². The van der Waals surface area contributed by atoms with Gasteiger partial charge in [-0.2, -0.15) is 0 Å². The van der Waals surface area contributed by atoms with E-state index in [2.05, 4.69) is 15.9 Å². The minimum atomic E-state index is -0.957. The summed E-state index contributed by atoms with van der Waals surface area (Å²) >= 11 is 3.37. The zero-order valence-corrected chi connectivity index (χ0v) is 12.8. The summed E-state index contributed by atoms with van der Waals surface area (Å²) in [5.74, 6) is -1.12. The molecule has 0 unspecified atom stereocenters. The van der Waals surface area contributed by atoms with Crippen molar-refractivity contribution in [1.82, 2.24) is 4.90 Å².